The number of nitrogens with zero attached hydrogens (tertiary/aromatic N) is 2. The summed E-state index contributed by atoms with van der Waals surface area (Å²) in [6.45, 7) is 4.32. The number of piperidine rings is 3. The number of carbonyl (C=O) groups is 2. The zero-order valence-electron chi connectivity index (χ0n) is 11.7. The van der Waals surface area contributed by atoms with Crippen molar-refractivity contribution in [2.24, 2.45) is 17.8 Å². The van der Waals surface area contributed by atoms with Gasteiger partial charge in [0.15, 0.2) is 0 Å². The lowest BCUT2D eigenvalue weighted by Gasteiger charge is -2.52. The minimum absolute atomic E-state index is 0.173. The van der Waals surface area contributed by atoms with Crippen molar-refractivity contribution in [2.45, 2.75) is 32.2 Å². The van der Waals surface area contributed by atoms with Gasteiger partial charge in [0.1, 0.15) is 0 Å². The van der Waals surface area contributed by atoms with Crippen LogP contribution in [0.4, 0.5) is 4.79 Å². The fourth-order valence-electron chi connectivity index (χ4n) is 4.08. The van der Waals surface area contributed by atoms with Crippen molar-refractivity contribution in [3.05, 3.63) is 0 Å². The molecule has 0 spiro atoms. The van der Waals surface area contributed by atoms with E-state index in [1.165, 1.54) is 7.11 Å². The molecule has 4 atom stereocenters. The summed E-state index contributed by atoms with van der Waals surface area (Å²) in [6.07, 6.45) is 2.99. The lowest BCUT2D eigenvalue weighted by atomic mass is 9.74. The molecule has 106 valence electrons. The Balaban J connectivity index is 1.76. The summed E-state index contributed by atoms with van der Waals surface area (Å²) in [5, 5.41) is 0. The molecule has 19 heavy (non-hydrogen) atoms. The van der Waals surface area contributed by atoms with E-state index in [1.54, 1.807) is 0 Å². The third-order valence-corrected chi connectivity index (χ3v) is 5.00. The molecule has 0 radical (unpaired) electrons. The lowest BCUT2D eigenvalue weighted by molar-refractivity contribution is -0.149. The molecule has 0 aromatic rings. The van der Waals surface area contributed by atoms with Crippen LogP contribution in [0.2, 0.25) is 0 Å². The second kappa shape index (κ2) is 4.69. The first kappa shape index (κ1) is 12.8. The van der Waals surface area contributed by atoms with Crippen LogP contribution in [-0.4, -0.2) is 54.6 Å². The summed E-state index contributed by atoms with van der Waals surface area (Å²) in [5.74, 6) is 1.34. The maximum absolute atomic E-state index is 12.3. The maximum Gasteiger partial charge on any atom is 0.409 e. The van der Waals surface area contributed by atoms with Gasteiger partial charge < -0.3 is 14.5 Å². The summed E-state index contributed by atoms with van der Waals surface area (Å²) in [4.78, 5) is 27.9. The number of hydrogen-bond acceptors (Lipinski definition) is 3. The zero-order chi connectivity index (χ0) is 13.6. The van der Waals surface area contributed by atoms with Gasteiger partial charge in [-0.15, -0.1) is 0 Å². The molecule has 3 saturated heterocycles. The smallest absolute Gasteiger partial charge is 0.409 e. The molecular weight excluding hydrogens is 244 g/mol. The predicted molar refractivity (Wildman–Crippen MR) is 69.5 cm³/mol. The highest BCUT2D eigenvalue weighted by atomic mass is 16.5. The number of rotatable bonds is 0. The van der Waals surface area contributed by atoms with Crippen LogP contribution in [-0.2, 0) is 9.53 Å². The van der Waals surface area contributed by atoms with E-state index in [0.29, 0.717) is 23.8 Å². The molecule has 0 N–H and O–H groups in total. The summed E-state index contributed by atoms with van der Waals surface area (Å²) in [6, 6.07) is 0.340. The molecule has 3 fully saturated rings. The monoisotopic (exact) mass is 266 g/mol. The molecular formula is C14H22N2O3. The fourth-order valence-corrected chi connectivity index (χ4v) is 4.08. The number of likely N-dealkylation sites (tertiary alicyclic amines) is 1. The average Bonchev–Trinajstić information content (AvgIpc) is 2.42. The molecule has 0 saturated carbocycles. The van der Waals surface area contributed by atoms with Crippen LogP contribution >= 0.6 is 0 Å². The van der Waals surface area contributed by atoms with Crippen LogP contribution in [0.1, 0.15) is 26.2 Å². The van der Waals surface area contributed by atoms with Crippen LogP contribution in [0.25, 0.3) is 0 Å². The first-order valence-corrected chi connectivity index (χ1v) is 7.23. The topological polar surface area (TPSA) is 49.9 Å². The van der Waals surface area contributed by atoms with E-state index < -0.39 is 0 Å². The summed E-state index contributed by atoms with van der Waals surface area (Å²) in [5.41, 5.74) is 0. The molecule has 3 rings (SSSR count). The van der Waals surface area contributed by atoms with Crippen molar-refractivity contribution in [1.29, 1.82) is 0 Å². The number of methoxy groups -OCH3 is 1. The largest absolute Gasteiger partial charge is 0.453 e. The van der Waals surface area contributed by atoms with Crippen molar-refractivity contribution >= 4 is 12.0 Å². The van der Waals surface area contributed by atoms with Crippen LogP contribution in [0, 0.1) is 17.8 Å². The molecule has 0 aliphatic carbocycles. The van der Waals surface area contributed by atoms with E-state index in [-0.39, 0.29) is 12.0 Å². The molecule has 3 aliphatic heterocycles. The van der Waals surface area contributed by atoms with Crippen molar-refractivity contribution in [2.75, 3.05) is 26.7 Å². The Labute approximate surface area is 113 Å². The molecule has 0 aromatic carbocycles. The molecule has 3 heterocycles. The Hall–Kier alpha value is -1.26. The molecule has 5 nitrogen and oxygen atoms in total. The van der Waals surface area contributed by atoms with Gasteiger partial charge in [0.05, 0.1) is 7.11 Å². The average molecular weight is 266 g/mol. The minimum atomic E-state index is -0.223. The van der Waals surface area contributed by atoms with Crippen LogP contribution < -0.4 is 0 Å². The van der Waals surface area contributed by atoms with Gasteiger partial charge in [-0.3, -0.25) is 4.79 Å². The molecule has 0 aromatic heterocycles. The Kier molecular flexibility index (Phi) is 3.15. The van der Waals surface area contributed by atoms with Crippen LogP contribution in [0.3, 0.4) is 0 Å². The number of fused-ring (bicyclic) bond motifs is 4. The van der Waals surface area contributed by atoms with Crippen molar-refractivity contribution in [3.8, 4) is 0 Å². The number of ether oxygens (including phenoxy) is 1. The maximum atomic E-state index is 12.3. The highest BCUT2D eigenvalue weighted by Gasteiger charge is 2.46. The van der Waals surface area contributed by atoms with E-state index in [1.807, 2.05) is 11.8 Å². The van der Waals surface area contributed by atoms with E-state index >= 15 is 0 Å². The highest BCUT2D eigenvalue weighted by molar-refractivity contribution is 5.80. The van der Waals surface area contributed by atoms with Gasteiger partial charge in [-0.05, 0) is 31.1 Å². The predicted octanol–water partition coefficient (Wildman–Crippen LogP) is 1.33. The highest BCUT2D eigenvalue weighted by Crippen LogP contribution is 2.39. The molecule has 2 bridgehead atoms. The van der Waals surface area contributed by atoms with Crippen molar-refractivity contribution in [1.82, 2.24) is 9.80 Å². The standard InChI is InChI=1S/C14H22N2O3/c1-9-3-4-12-11-5-10(7-16(12)13(9)17)6-15(8-11)14(18)19-2/h9-12H,3-8H2,1-2H3/t9-,10-,11+,12-/m0/s1. The van der Waals surface area contributed by atoms with Crippen molar-refractivity contribution < 1.29 is 14.3 Å². The second-order valence-corrected chi connectivity index (χ2v) is 6.27. The Morgan fingerprint density at radius 2 is 2.05 bits per heavy atom. The quantitative estimate of drug-likeness (QED) is 0.664. The van der Waals surface area contributed by atoms with Gasteiger partial charge >= 0.3 is 6.09 Å². The number of amides is 2. The van der Waals surface area contributed by atoms with Gasteiger partial charge in [-0.2, -0.15) is 0 Å². The van der Waals surface area contributed by atoms with E-state index in [9.17, 15) is 9.59 Å². The van der Waals surface area contributed by atoms with Crippen molar-refractivity contribution in [3.63, 3.8) is 0 Å². The van der Waals surface area contributed by atoms with Gasteiger partial charge in [-0.1, -0.05) is 6.92 Å². The summed E-state index contributed by atoms with van der Waals surface area (Å²) < 4.78 is 4.84. The van der Waals surface area contributed by atoms with E-state index in [2.05, 4.69) is 4.90 Å². The third-order valence-electron chi connectivity index (χ3n) is 5.00. The number of hydrogen-bond donors (Lipinski definition) is 0. The summed E-state index contributed by atoms with van der Waals surface area (Å²) >= 11 is 0. The van der Waals surface area contributed by atoms with Gasteiger partial charge in [-0.25, -0.2) is 4.79 Å². The second-order valence-electron chi connectivity index (χ2n) is 6.27. The fraction of sp³-hybridized carbons (Fsp3) is 0.857. The Bertz CT molecular complexity index is 398. The molecule has 0 unspecified atom stereocenters. The minimum Gasteiger partial charge on any atom is -0.453 e. The SMILES string of the molecule is COC(=O)N1C[C@@H]2C[C@H](C1)[C@@H]1CC[C@H](C)C(=O)N1C2. The Morgan fingerprint density at radius 3 is 2.79 bits per heavy atom. The van der Waals surface area contributed by atoms with E-state index in [4.69, 9.17) is 4.74 Å². The third kappa shape index (κ3) is 2.09. The lowest BCUT2D eigenvalue weighted by Crippen LogP contribution is -2.62. The van der Waals surface area contributed by atoms with Gasteiger partial charge in [0, 0.05) is 31.6 Å². The van der Waals surface area contributed by atoms with Crippen LogP contribution in [0.15, 0.2) is 0 Å². The van der Waals surface area contributed by atoms with Gasteiger partial charge in [0.25, 0.3) is 0 Å². The zero-order valence-corrected chi connectivity index (χ0v) is 11.7. The first-order chi connectivity index (χ1) is 9.10. The molecule has 2 amide bonds. The summed E-state index contributed by atoms with van der Waals surface area (Å²) in [7, 11) is 1.44. The molecule has 5 heteroatoms. The Morgan fingerprint density at radius 1 is 1.26 bits per heavy atom. The van der Waals surface area contributed by atoms with Gasteiger partial charge in [0.2, 0.25) is 5.91 Å². The van der Waals surface area contributed by atoms with E-state index in [0.717, 1.165) is 38.9 Å². The first-order valence-electron chi connectivity index (χ1n) is 7.23. The number of carbonyl (C=O) groups excluding carboxylic acids is 2. The molecule has 3 aliphatic rings. The normalized spacial score (nSPS) is 37.9. The van der Waals surface area contributed by atoms with Crippen LogP contribution in [0.5, 0.6) is 0 Å².